The second-order valence-corrected chi connectivity index (χ2v) is 5.46. The third kappa shape index (κ3) is 3.07. The van der Waals surface area contributed by atoms with Gasteiger partial charge in [-0.1, -0.05) is 50.2 Å². The fourth-order valence-corrected chi connectivity index (χ4v) is 2.32. The molecule has 0 saturated carbocycles. The Kier molecular flexibility index (Phi) is 4.56. The number of hydrogen-bond acceptors (Lipinski definition) is 1. The molecule has 0 radical (unpaired) electrons. The van der Waals surface area contributed by atoms with Crippen LogP contribution in [0.5, 0.6) is 0 Å². The smallest absolute Gasteiger partial charge is 0.126 e. The fraction of sp³-hybridized carbons (Fsp3) is 0.333. The van der Waals surface area contributed by atoms with Crippen LogP contribution >= 0.6 is 0 Å². The maximum Gasteiger partial charge on any atom is 0.126 e. The summed E-state index contributed by atoms with van der Waals surface area (Å²) >= 11 is 0. The molecule has 2 heteroatoms. The van der Waals surface area contributed by atoms with Gasteiger partial charge in [-0.05, 0) is 47.6 Å². The standard InChI is InChI=1S/C18H22FN/c1-4-12(2)14-5-7-15(8-6-14)18(20)16-9-10-17(19)13(3)11-16/h5-12,18H,4,20H2,1-3H3. The number of rotatable bonds is 4. The molecule has 1 nitrogen and oxygen atoms in total. The highest BCUT2D eigenvalue weighted by Crippen LogP contribution is 2.24. The summed E-state index contributed by atoms with van der Waals surface area (Å²) in [7, 11) is 0. The van der Waals surface area contributed by atoms with Crippen molar-refractivity contribution in [2.24, 2.45) is 5.73 Å². The Labute approximate surface area is 120 Å². The van der Waals surface area contributed by atoms with E-state index in [2.05, 4.69) is 38.1 Å². The van der Waals surface area contributed by atoms with Gasteiger partial charge < -0.3 is 5.73 Å². The Morgan fingerprint density at radius 1 is 1.00 bits per heavy atom. The van der Waals surface area contributed by atoms with Gasteiger partial charge in [0, 0.05) is 0 Å². The molecular formula is C18H22FN. The van der Waals surface area contributed by atoms with E-state index in [1.807, 2.05) is 6.07 Å². The highest BCUT2D eigenvalue weighted by Gasteiger charge is 2.11. The number of nitrogens with two attached hydrogens (primary N) is 1. The second-order valence-electron chi connectivity index (χ2n) is 5.46. The Morgan fingerprint density at radius 3 is 2.10 bits per heavy atom. The molecule has 0 aliphatic heterocycles. The van der Waals surface area contributed by atoms with Crippen LogP contribution < -0.4 is 5.73 Å². The number of halogens is 1. The largest absolute Gasteiger partial charge is 0.320 e. The summed E-state index contributed by atoms with van der Waals surface area (Å²) in [5.41, 5.74) is 10.2. The maximum absolute atomic E-state index is 13.3. The predicted molar refractivity (Wildman–Crippen MR) is 82.3 cm³/mol. The van der Waals surface area contributed by atoms with E-state index in [1.165, 1.54) is 11.6 Å². The molecule has 0 saturated heterocycles. The zero-order chi connectivity index (χ0) is 14.7. The minimum absolute atomic E-state index is 0.187. The van der Waals surface area contributed by atoms with Crippen LogP contribution in [0.3, 0.4) is 0 Å². The van der Waals surface area contributed by atoms with Crippen molar-refractivity contribution in [1.82, 2.24) is 0 Å². The minimum Gasteiger partial charge on any atom is -0.320 e. The summed E-state index contributed by atoms with van der Waals surface area (Å²) in [5, 5.41) is 0. The van der Waals surface area contributed by atoms with Crippen molar-refractivity contribution in [3.63, 3.8) is 0 Å². The SMILES string of the molecule is CCC(C)c1ccc(C(N)c2ccc(F)c(C)c2)cc1. The first-order valence-electron chi connectivity index (χ1n) is 7.14. The van der Waals surface area contributed by atoms with Crippen molar-refractivity contribution in [1.29, 1.82) is 0 Å². The molecule has 0 heterocycles. The van der Waals surface area contributed by atoms with E-state index in [9.17, 15) is 4.39 Å². The summed E-state index contributed by atoms with van der Waals surface area (Å²) < 4.78 is 13.3. The predicted octanol–water partition coefficient (Wildman–Crippen LogP) is 4.70. The van der Waals surface area contributed by atoms with Crippen molar-refractivity contribution >= 4 is 0 Å². The molecule has 2 N–H and O–H groups in total. The van der Waals surface area contributed by atoms with E-state index < -0.39 is 0 Å². The normalized spacial score (nSPS) is 14.1. The molecule has 0 aliphatic rings. The van der Waals surface area contributed by atoms with Crippen molar-refractivity contribution in [3.05, 3.63) is 70.5 Å². The highest BCUT2D eigenvalue weighted by atomic mass is 19.1. The monoisotopic (exact) mass is 271 g/mol. The summed E-state index contributed by atoms with van der Waals surface area (Å²) in [6, 6.07) is 13.3. The zero-order valence-electron chi connectivity index (χ0n) is 12.4. The van der Waals surface area contributed by atoms with Crippen LogP contribution in [-0.4, -0.2) is 0 Å². The van der Waals surface area contributed by atoms with Crippen LogP contribution in [0.15, 0.2) is 42.5 Å². The van der Waals surface area contributed by atoms with Gasteiger partial charge in [0.05, 0.1) is 6.04 Å². The molecule has 0 bridgehead atoms. The van der Waals surface area contributed by atoms with Crippen LogP contribution in [0, 0.1) is 12.7 Å². The highest BCUT2D eigenvalue weighted by molar-refractivity contribution is 5.35. The van der Waals surface area contributed by atoms with Gasteiger partial charge in [0.2, 0.25) is 0 Å². The van der Waals surface area contributed by atoms with Crippen molar-refractivity contribution in [2.75, 3.05) is 0 Å². The first kappa shape index (κ1) is 14.7. The quantitative estimate of drug-likeness (QED) is 0.857. The summed E-state index contributed by atoms with van der Waals surface area (Å²) in [4.78, 5) is 0. The van der Waals surface area contributed by atoms with Gasteiger partial charge in [-0.15, -0.1) is 0 Å². The molecule has 0 fully saturated rings. The second kappa shape index (κ2) is 6.19. The summed E-state index contributed by atoms with van der Waals surface area (Å²) in [6.07, 6.45) is 1.13. The van der Waals surface area contributed by atoms with Gasteiger partial charge in [0.15, 0.2) is 0 Å². The molecule has 0 aliphatic carbocycles. The first-order chi connectivity index (χ1) is 9.52. The molecule has 106 valence electrons. The zero-order valence-corrected chi connectivity index (χ0v) is 12.4. The lowest BCUT2D eigenvalue weighted by molar-refractivity contribution is 0.617. The van der Waals surface area contributed by atoms with E-state index in [0.717, 1.165) is 17.5 Å². The molecule has 2 unspecified atom stereocenters. The molecule has 2 aromatic carbocycles. The average molecular weight is 271 g/mol. The fourth-order valence-electron chi connectivity index (χ4n) is 2.32. The lowest BCUT2D eigenvalue weighted by atomic mass is 9.93. The van der Waals surface area contributed by atoms with Crippen molar-refractivity contribution < 1.29 is 4.39 Å². The van der Waals surface area contributed by atoms with Crippen LogP contribution in [-0.2, 0) is 0 Å². The molecule has 2 atom stereocenters. The Hall–Kier alpha value is -1.67. The van der Waals surface area contributed by atoms with Crippen LogP contribution in [0.25, 0.3) is 0 Å². The van der Waals surface area contributed by atoms with Crippen LogP contribution in [0.2, 0.25) is 0 Å². The molecule has 2 rings (SSSR count). The van der Waals surface area contributed by atoms with Gasteiger partial charge in [0.25, 0.3) is 0 Å². The molecule has 0 amide bonds. The number of benzene rings is 2. The molecule has 0 spiro atoms. The van der Waals surface area contributed by atoms with E-state index in [1.54, 1.807) is 13.0 Å². The van der Waals surface area contributed by atoms with Crippen molar-refractivity contribution in [2.45, 2.75) is 39.2 Å². The van der Waals surface area contributed by atoms with E-state index >= 15 is 0 Å². The molecule has 20 heavy (non-hydrogen) atoms. The summed E-state index contributed by atoms with van der Waals surface area (Å²) in [5.74, 6) is 0.376. The van der Waals surface area contributed by atoms with Gasteiger partial charge in [-0.2, -0.15) is 0 Å². The van der Waals surface area contributed by atoms with E-state index in [4.69, 9.17) is 5.73 Å². The van der Waals surface area contributed by atoms with Crippen LogP contribution in [0.1, 0.15) is 54.5 Å². The topological polar surface area (TPSA) is 26.0 Å². The molecular weight excluding hydrogens is 249 g/mol. The number of hydrogen-bond donors (Lipinski definition) is 1. The lowest BCUT2D eigenvalue weighted by Crippen LogP contribution is -2.12. The third-order valence-electron chi connectivity index (χ3n) is 4.02. The molecule has 0 aromatic heterocycles. The minimum atomic E-state index is -0.208. The van der Waals surface area contributed by atoms with Gasteiger partial charge in [0.1, 0.15) is 5.82 Å². The van der Waals surface area contributed by atoms with Crippen molar-refractivity contribution in [3.8, 4) is 0 Å². The Balaban J connectivity index is 2.24. The molecule has 2 aromatic rings. The van der Waals surface area contributed by atoms with E-state index in [-0.39, 0.29) is 11.9 Å². The van der Waals surface area contributed by atoms with E-state index in [0.29, 0.717) is 11.5 Å². The Bertz CT molecular complexity index is 574. The first-order valence-corrected chi connectivity index (χ1v) is 7.14. The van der Waals surface area contributed by atoms with Gasteiger partial charge >= 0.3 is 0 Å². The maximum atomic E-state index is 13.3. The summed E-state index contributed by atoms with van der Waals surface area (Å²) in [6.45, 7) is 6.17. The van der Waals surface area contributed by atoms with Gasteiger partial charge in [-0.25, -0.2) is 4.39 Å². The van der Waals surface area contributed by atoms with Gasteiger partial charge in [-0.3, -0.25) is 0 Å². The lowest BCUT2D eigenvalue weighted by Gasteiger charge is -2.15. The number of aryl methyl sites for hydroxylation is 1. The third-order valence-corrected chi connectivity index (χ3v) is 4.02. The Morgan fingerprint density at radius 2 is 1.55 bits per heavy atom. The van der Waals surface area contributed by atoms with Crippen LogP contribution in [0.4, 0.5) is 4.39 Å². The average Bonchev–Trinajstić information content (AvgIpc) is 2.48.